The number of hydrogen-bond donors (Lipinski definition) is 2. The van der Waals surface area contributed by atoms with Crippen LogP contribution < -0.4 is 5.73 Å². The van der Waals surface area contributed by atoms with Gasteiger partial charge < -0.3 is 15.6 Å². The lowest BCUT2D eigenvalue weighted by Crippen LogP contribution is -2.22. The quantitative estimate of drug-likeness (QED) is 0.676. The van der Waals surface area contributed by atoms with Crippen LogP contribution in [0.15, 0.2) is 0 Å². The van der Waals surface area contributed by atoms with E-state index in [2.05, 4.69) is 0 Å². The van der Waals surface area contributed by atoms with Crippen LogP contribution in [0.5, 0.6) is 0 Å². The molecule has 1 aliphatic heterocycles. The molecule has 0 aromatic rings. The van der Waals surface area contributed by atoms with Gasteiger partial charge in [0.1, 0.15) is 0 Å². The highest BCUT2D eigenvalue weighted by Crippen LogP contribution is 2.18. The van der Waals surface area contributed by atoms with E-state index in [4.69, 9.17) is 10.5 Å². The summed E-state index contributed by atoms with van der Waals surface area (Å²) in [5.74, 6) is 0. The number of rotatable bonds is 5. The average Bonchev–Trinajstić information content (AvgIpc) is 2.17. The molecule has 0 bridgehead atoms. The summed E-state index contributed by atoms with van der Waals surface area (Å²) in [4.78, 5) is 0. The fourth-order valence-corrected chi connectivity index (χ4v) is 1.75. The van der Waals surface area contributed by atoms with E-state index in [0.29, 0.717) is 19.1 Å². The lowest BCUT2D eigenvalue weighted by molar-refractivity contribution is 0.00192. The Morgan fingerprint density at radius 1 is 1.38 bits per heavy atom. The third kappa shape index (κ3) is 4.60. The van der Waals surface area contributed by atoms with Crippen molar-refractivity contribution in [2.75, 3.05) is 13.2 Å². The number of aliphatic hydroxyl groups is 1. The van der Waals surface area contributed by atoms with Crippen molar-refractivity contribution in [2.24, 2.45) is 5.73 Å². The van der Waals surface area contributed by atoms with Gasteiger partial charge in [-0.1, -0.05) is 0 Å². The molecule has 13 heavy (non-hydrogen) atoms. The summed E-state index contributed by atoms with van der Waals surface area (Å²) < 4.78 is 5.56. The number of ether oxygens (including phenoxy) is 1. The molecule has 1 rings (SSSR count). The summed E-state index contributed by atoms with van der Waals surface area (Å²) in [7, 11) is 0. The number of hydrogen-bond acceptors (Lipinski definition) is 3. The molecule has 0 spiro atoms. The van der Waals surface area contributed by atoms with Crippen LogP contribution in [0.3, 0.4) is 0 Å². The molecule has 3 N–H and O–H groups in total. The van der Waals surface area contributed by atoms with Crippen molar-refractivity contribution in [1.82, 2.24) is 0 Å². The van der Waals surface area contributed by atoms with E-state index in [1.165, 1.54) is 12.8 Å². The standard InChI is InChI=1S/C10H21NO2/c11-7-6-9(12)4-5-10-3-1-2-8-13-10/h9-10,12H,1-8,11H2. The largest absolute Gasteiger partial charge is 0.393 e. The van der Waals surface area contributed by atoms with Gasteiger partial charge in [0, 0.05) is 6.61 Å². The van der Waals surface area contributed by atoms with Crippen LogP contribution in [0.1, 0.15) is 38.5 Å². The molecule has 0 aromatic carbocycles. The fourth-order valence-electron chi connectivity index (χ4n) is 1.75. The van der Waals surface area contributed by atoms with Gasteiger partial charge in [0.2, 0.25) is 0 Å². The monoisotopic (exact) mass is 187 g/mol. The minimum absolute atomic E-state index is 0.226. The lowest BCUT2D eigenvalue weighted by atomic mass is 10.0. The van der Waals surface area contributed by atoms with E-state index in [1.54, 1.807) is 0 Å². The molecule has 0 aromatic heterocycles. The van der Waals surface area contributed by atoms with Crippen LogP contribution in [0.4, 0.5) is 0 Å². The molecule has 1 heterocycles. The van der Waals surface area contributed by atoms with Crippen molar-refractivity contribution >= 4 is 0 Å². The first kappa shape index (κ1) is 11.0. The van der Waals surface area contributed by atoms with E-state index < -0.39 is 0 Å². The van der Waals surface area contributed by atoms with Gasteiger partial charge in [-0.25, -0.2) is 0 Å². The number of aliphatic hydroxyl groups excluding tert-OH is 1. The van der Waals surface area contributed by atoms with Gasteiger partial charge in [0.25, 0.3) is 0 Å². The van der Waals surface area contributed by atoms with Crippen molar-refractivity contribution in [2.45, 2.75) is 50.7 Å². The third-order valence-corrected chi connectivity index (χ3v) is 2.60. The van der Waals surface area contributed by atoms with Crippen LogP contribution in [0.25, 0.3) is 0 Å². The maximum absolute atomic E-state index is 9.44. The molecular formula is C10H21NO2. The Morgan fingerprint density at radius 2 is 2.23 bits per heavy atom. The first-order valence-electron chi connectivity index (χ1n) is 5.32. The van der Waals surface area contributed by atoms with Gasteiger partial charge in [0.15, 0.2) is 0 Å². The van der Waals surface area contributed by atoms with E-state index in [1.807, 2.05) is 0 Å². The molecule has 0 radical (unpaired) electrons. The van der Waals surface area contributed by atoms with Gasteiger partial charge in [-0.2, -0.15) is 0 Å². The van der Waals surface area contributed by atoms with E-state index >= 15 is 0 Å². The highest BCUT2D eigenvalue weighted by Gasteiger charge is 2.14. The molecule has 0 saturated carbocycles. The Hall–Kier alpha value is -0.120. The van der Waals surface area contributed by atoms with Gasteiger partial charge in [-0.3, -0.25) is 0 Å². The molecule has 78 valence electrons. The number of nitrogens with two attached hydrogens (primary N) is 1. The fraction of sp³-hybridized carbons (Fsp3) is 1.00. The Labute approximate surface area is 80.3 Å². The van der Waals surface area contributed by atoms with Crippen LogP contribution >= 0.6 is 0 Å². The zero-order valence-electron chi connectivity index (χ0n) is 8.24. The second-order valence-corrected chi connectivity index (χ2v) is 3.80. The third-order valence-electron chi connectivity index (χ3n) is 2.60. The van der Waals surface area contributed by atoms with Crippen LogP contribution in [-0.2, 0) is 4.74 Å². The van der Waals surface area contributed by atoms with E-state index in [0.717, 1.165) is 25.9 Å². The van der Waals surface area contributed by atoms with Gasteiger partial charge >= 0.3 is 0 Å². The summed E-state index contributed by atoms with van der Waals surface area (Å²) in [5, 5.41) is 9.44. The molecule has 0 aliphatic carbocycles. The predicted molar refractivity (Wildman–Crippen MR) is 52.5 cm³/mol. The molecule has 1 fully saturated rings. The van der Waals surface area contributed by atoms with Crippen LogP contribution in [0, 0.1) is 0 Å². The van der Waals surface area contributed by atoms with E-state index in [9.17, 15) is 5.11 Å². The molecule has 0 amide bonds. The second-order valence-electron chi connectivity index (χ2n) is 3.80. The Kier molecular flexibility index (Phi) is 5.35. The van der Waals surface area contributed by atoms with Crippen LogP contribution in [-0.4, -0.2) is 30.5 Å². The van der Waals surface area contributed by atoms with Crippen molar-refractivity contribution in [3.8, 4) is 0 Å². The highest BCUT2D eigenvalue weighted by atomic mass is 16.5. The first-order valence-corrected chi connectivity index (χ1v) is 5.32. The summed E-state index contributed by atoms with van der Waals surface area (Å²) in [6.45, 7) is 1.48. The Morgan fingerprint density at radius 3 is 2.85 bits per heavy atom. The van der Waals surface area contributed by atoms with Crippen molar-refractivity contribution in [3.63, 3.8) is 0 Å². The zero-order valence-corrected chi connectivity index (χ0v) is 8.24. The summed E-state index contributed by atoms with van der Waals surface area (Å²) in [6, 6.07) is 0. The molecule has 3 heteroatoms. The summed E-state index contributed by atoms with van der Waals surface area (Å²) in [5.41, 5.74) is 5.35. The molecule has 1 saturated heterocycles. The molecule has 2 atom stereocenters. The second kappa shape index (κ2) is 6.35. The highest BCUT2D eigenvalue weighted by molar-refractivity contribution is 4.66. The maximum Gasteiger partial charge on any atom is 0.0576 e. The Balaban J connectivity index is 2.03. The molecular weight excluding hydrogens is 166 g/mol. The van der Waals surface area contributed by atoms with Gasteiger partial charge in [-0.05, 0) is 45.1 Å². The molecule has 1 aliphatic rings. The van der Waals surface area contributed by atoms with E-state index in [-0.39, 0.29) is 6.10 Å². The van der Waals surface area contributed by atoms with Gasteiger partial charge in [-0.15, -0.1) is 0 Å². The van der Waals surface area contributed by atoms with Crippen molar-refractivity contribution in [1.29, 1.82) is 0 Å². The smallest absolute Gasteiger partial charge is 0.0576 e. The van der Waals surface area contributed by atoms with Gasteiger partial charge in [0.05, 0.1) is 12.2 Å². The topological polar surface area (TPSA) is 55.5 Å². The molecule has 2 unspecified atom stereocenters. The lowest BCUT2D eigenvalue weighted by Gasteiger charge is -2.23. The minimum Gasteiger partial charge on any atom is -0.393 e. The van der Waals surface area contributed by atoms with Crippen LogP contribution in [0.2, 0.25) is 0 Å². The predicted octanol–water partition coefficient (Wildman–Crippen LogP) is 1.05. The zero-order chi connectivity index (χ0) is 9.52. The van der Waals surface area contributed by atoms with Crippen molar-refractivity contribution < 1.29 is 9.84 Å². The summed E-state index contributed by atoms with van der Waals surface area (Å²) >= 11 is 0. The minimum atomic E-state index is -0.226. The maximum atomic E-state index is 9.44. The normalized spacial score (nSPS) is 25.8. The SMILES string of the molecule is NCCC(O)CCC1CCCCO1. The Bertz CT molecular complexity index is 124. The average molecular weight is 187 g/mol. The summed E-state index contributed by atoms with van der Waals surface area (Å²) in [6.07, 6.45) is 6.33. The molecule has 3 nitrogen and oxygen atoms in total. The first-order chi connectivity index (χ1) is 6.33. The van der Waals surface area contributed by atoms with Crippen molar-refractivity contribution in [3.05, 3.63) is 0 Å².